The van der Waals surface area contributed by atoms with Crippen LogP contribution in [0.15, 0.2) is 53.4 Å². The molecule has 2 aromatic carbocycles. The van der Waals surface area contributed by atoms with Crippen LogP contribution in [-0.4, -0.2) is 67.7 Å². The van der Waals surface area contributed by atoms with Gasteiger partial charge in [0.25, 0.3) is 0 Å². The molecular weight excluding hydrogens is 455 g/mol. The Hall–Kier alpha value is -2.80. The molecule has 34 heavy (non-hydrogen) atoms. The van der Waals surface area contributed by atoms with Gasteiger partial charge in [0.05, 0.1) is 11.6 Å². The number of hydrogen-bond donors (Lipinski definition) is 0. The average Bonchev–Trinajstić information content (AvgIpc) is 3.10. The van der Waals surface area contributed by atoms with Crippen molar-refractivity contribution in [3.8, 4) is 6.07 Å². The standard InChI is InChI=1S/C25H29FN4O3S/c26-23-4-1-2-5-24(23)34(32,33)30-14-10-22(11-15-30)25(31)29-13-3-12-28(16-17-29)19-21-8-6-20(18-27)7-9-21/h1-2,4-9,22H,3,10-17,19H2. The van der Waals surface area contributed by atoms with E-state index in [0.29, 0.717) is 31.5 Å². The molecule has 2 fully saturated rings. The van der Waals surface area contributed by atoms with Crippen LogP contribution >= 0.6 is 0 Å². The summed E-state index contributed by atoms with van der Waals surface area (Å²) < 4.78 is 41.0. The Morgan fingerprint density at radius 3 is 2.35 bits per heavy atom. The number of carbonyl (C=O) groups is 1. The molecule has 0 radical (unpaired) electrons. The fourth-order valence-electron chi connectivity index (χ4n) is 4.69. The van der Waals surface area contributed by atoms with E-state index in [4.69, 9.17) is 5.26 Å². The number of benzene rings is 2. The van der Waals surface area contributed by atoms with Crippen molar-refractivity contribution in [1.29, 1.82) is 5.26 Å². The summed E-state index contributed by atoms with van der Waals surface area (Å²) in [5, 5.41) is 8.95. The number of nitrogens with zero attached hydrogens (tertiary/aromatic N) is 4. The van der Waals surface area contributed by atoms with Crippen LogP contribution < -0.4 is 0 Å². The fourth-order valence-corrected chi connectivity index (χ4v) is 6.22. The number of carbonyl (C=O) groups excluding carboxylic acids is 1. The number of nitriles is 1. The van der Waals surface area contributed by atoms with E-state index in [2.05, 4.69) is 11.0 Å². The molecule has 2 aliphatic rings. The molecule has 0 spiro atoms. The highest BCUT2D eigenvalue weighted by Crippen LogP contribution is 2.26. The van der Waals surface area contributed by atoms with Crippen molar-refractivity contribution < 1.29 is 17.6 Å². The third-order valence-corrected chi connectivity index (χ3v) is 8.58. The van der Waals surface area contributed by atoms with Crippen LogP contribution in [0.25, 0.3) is 0 Å². The van der Waals surface area contributed by atoms with E-state index >= 15 is 0 Å². The number of halogens is 1. The summed E-state index contributed by atoms with van der Waals surface area (Å²) in [5.41, 5.74) is 1.78. The van der Waals surface area contributed by atoms with Crippen molar-refractivity contribution in [2.75, 3.05) is 39.3 Å². The monoisotopic (exact) mass is 484 g/mol. The first kappa shape index (κ1) is 24.3. The Kier molecular flexibility index (Phi) is 7.61. The second-order valence-electron chi connectivity index (χ2n) is 8.87. The topological polar surface area (TPSA) is 84.7 Å². The maximum Gasteiger partial charge on any atom is 0.245 e. The van der Waals surface area contributed by atoms with Gasteiger partial charge in [0.1, 0.15) is 10.7 Å². The van der Waals surface area contributed by atoms with Gasteiger partial charge in [-0.3, -0.25) is 9.69 Å². The fraction of sp³-hybridized carbons (Fsp3) is 0.440. The van der Waals surface area contributed by atoms with Crippen molar-refractivity contribution in [2.24, 2.45) is 5.92 Å². The van der Waals surface area contributed by atoms with Gasteiger partial charge in [-0.05, 0) is 49.1 Å². The first-order valence-corrected chi connectivity index (χ1v) is 13.1. The molecule has 4 rings (SSSR count). The molecule has 9 heteroatoms. The Morgan fingerprint density at radius 2 is 1.68 bits per heavy atom. The highest BCUT2D eigenvalue weighted by atomic mass is 32.2. The van der Waals surface area contributed by atoms with Gasteiger partial charge in [-0.2, -0.15) is 9.57 Å². The van der Waals surface area contributed by atoms with E-state index in [-0.39, 0.29) is 29.8 Å². The van der Waals surface area contributed by atoms with Crippen LogP contribution in [0.3, 0.4) is 0 Å². The predicted octanol–water partition coefficient (Wildman–Crippen LogP) is 2.83. The molecule has 0 aliphatic carbocycles. The van der Waals surface area contributed by atoms with Crippen LogP contribution in [0.5, 0.6) is 0 Å². The zero-order valence-electron chi connectivity index (χ0n) is 19.1. The zero-order chi connectivity index (χ0) is 24.1. The lowest BCUT2D eigenvalue weighted by Crippen LogP contribution is -2.45. The molecule has 0 aromatic heterocycles. The van der Waals surface area contributed by atoms with Crippen molar-refractivity contribution in [3.05, 3.63) is 65.5 Å². The molecule has 0 atom stereocenters. The maximum atomic E-state index is 14.0. The molecule has 2 heterocycles. The average molecular weight is 485 g/mol. The SMILES string of the molecule is N#Cc1ccc(CN2CCCN(C(=O)C3CCN(S(=O)(=O)c4ccccc4F)CC3)CC2)cc1. The van der Waals surface area contributed by atoms with Crippen LogP contribution in [0.4, 0.5) is 4.39 Å². The lowest BCUT2D eigenvalue weighted by molar-refractivity contribution is -0.136. The molecule has 7 nitrogen and oxygen atoms in total. The second kappa shape index (κ2) is 10.6. The van der Waals surface area contributed by atoms with Crippen molar-refractivity contribution in [1.82, 2.24) is 14.1 Å². The Morgan fingerprint density at radius 1 is 0.971 bits per heavy atom. The van der Waals surface area contributed by atoms with E-state index in [9.17, 15) is 17.6 Å². The minimum atomic E-state index is -3.91. The smallest absolute Gasteiger partial charge is 0.245 e. The summed E-state index contributed by atoms with van der Waals surface area (Å²) >= 11 is 0. The van der Waals surface area contributed by atoms with E-state index in [1.807, 2.05) is 29.2 Å². The minimum absolute atomic E-state index is 0.0863. The molecule has 180 valence electrons. The molecule has 0 bridgehead atoms. The highest BCUT2D eigenvalue weighted by Gasteiger charge is 2.35. The first-order valence-electron chi connectivity index (χ1n) is 11.6. The van der Waals surface area contributed by atoms with Gasteiger partial charge in [-0.25, -0.2) is 12.8 Å². The molecular formula is C25H29FN4O3S. The normalized spacial score (nSPS) is 18.9. The maximum absolute atomic E-state index is 14.0. The lowest BCUT2D eigenvalue weighted by atomic mass is 9.96. The molecule has 2 aromatic rings. The van der Waals surface area contributed by atoms with E-state index in [0.717, 1.165) is 37.7 Å². The summed E-state index contributed by atoms with van der Waals surface area (Å²) in [4.78, 5) is 17.1. The quantitative estimate of drug-likeness (QED) is 0.652. The van der Waals surface area contributed by atoms with Gasteiger partial charge >= 0.3 is 0 Å². The molecule has 0 saturated carbocycles. The summed E-state index contributed by atoms with van der Waals surface area (Å²) in [6.45, 7) is 4.20. The van der Waals surface area contributed by atoms with E-state index in [1.54, 1.807) is 0 Å². The minimum Gasteiger partial charge on any atom is -0.341 e. The van der Waals surface area contributed by atoms with Gasteiger partial charge in [-0.1, -0.05) is 24.3 Å². The van der Waals surface area contributed by atoms with Gasteiger partial charge in [0.2, 0.25) is 15.9 Å². The number of rotatable bonds is 5. The number of amides is 1. The molecule has 0 N–H and O–H groups in total. The number of piperidine rings is 1. The third kappa shape index (κ3) is 5.46. The summed E-state index contributed by atoms with van der Waals surface area (Å²) in [6, 6.07) is 15.1. The number of hydrogen-bond acceptors (Lipinski definition) is 5. The van der Waals surface area contributed by atoms with Gasteiger partial charge in [0, 0.05) is 51.7 Å². The van der Waals surface area contributed by atoms with Gasteiger partial charge in [0.15, 0.2) is 0 Å². The molecule has 1 amide bonds. The first-order chi connectivity index (χ1) is 16.4. The molecule has 0 unspecified atom stereocenters. The Labute approximate surface area is 200 Å². The highest BCUT2D eigenvalue weighted by molar-refractivity contribution is 7.89. The van der Waals surface area contributed by atoms with Crippen molar-refractivity contribution in [3.63, 3.8) is 0 Å². The Balaban J connectivity index is 1.30. The summed E-state index contributed by atoms with van der Waals surface area (Å²) in [5.74, 6) is -0.879. The van der Waals surface area contributed by atoms with E-state index in [1.165, 1.54) is 22.5 Å². The molecule has 2 saturated heterocycles. The third-order valence-electron chi connectivity index (χ3n) is 6.65. The van der Waals surface area contributed by atoms with E-state index < -0.39 is 15.8 Å². The zero-order valence-corrected chi connectivity index (χ0v) is 19.9. The van der Waals surface area contributed by atoms with Gasteiger partial charge < -0.3 is 4.90 Å². The van der Waals surface area contributed by atoms with Crippen LogP contribution in [0.2, 0.25) is 0 Å². The number of sulfonamides is 1. The summed E-state index contributed by atoms with van der Waals surface area (Å²) in [6.07, 6.45) is 1.76. The van der Waals surface area contributed by atoms with Crippen LogP contribution in [-0.2, 0) is 21.4 Å². The van der Waals surface area contributed by atoms with Crippen molar-refractivity contribution >= 4 is 15.9 Å². The second-order valence-corrected chi connectivity index (χ2v) is 10.8. The van der Waals surface area contributed by atoms with Crippen LogP contribution in [0, 0.1) is 23.1 Å². The summed E-state index contributed by atoms with van der Waals surface area (Å²) in [7, 11) is -3.91. The molecule has 2 aliphatic heterocycles. The predicted molar refractivity (Wildman–Crippen MR) is 126 cm³/mol. The van der Waals surface area contributed by atoms with Gasteiger partial charge in [-0.15, -0.1) is 0 Å². The largest absolute Gasteiger partial charge is 0.341 e. The Bertz CT molecular complexity index is 1160. The van der Waals surface area contributed by atoms with Crippen molar-refractivity contribution in [2.45, 2.75) is 30.7 Å². The van der Waals surface area contributed by atoms with Crippen LogP contribution in [0.1, 0.15) is 30.4 Å². The lowest BCUT2D eigenvalue weighted by Gasteiger charge is -2.33.